The highest BCUT2D eigenvalue weighted by atomic mass is 19.4. The molecule has 34 heavy (non-hydrogen) atoms. The summed E-state index contributed by atoms with van der Waals surface area (Å²) in [6, 6.07) is 4.07. The van der Waals surface area contributed by atoms with Crippen LogP contribution < -0.4 is 15.8 Å². The van der Waals surface area contributed by atoms with Crippen molar-refractivity contribution in [1.82, 2.24) is 4.98 Å². The lowest BCUT2D eigenvalue weighted by molar-refractivity contribution is -0.283. The molecule has 13 heteroatoms. The van der Waals surface area contributed by atoms with Gasteiger partial charge in [0.1, 0.15) is 17.9 Å². The minimum atomic E-state index is -5.01. The number of ether oxygens (including phenoxy) is 3. The van der Waals surface area contributed by atoms with Crippen molar-refractivity contribution in [2.24, 2.45) is 5.73 Å². The van der Waals surface area contributed by atoms with E-state index in [4.69, 9.17) is 19.9 Å². The number of alkyl halides is 3. The first-order valence-corrected chi connectivity index (χ1v) is 9.71. The molecular weight excluding hydrogens is 469 g/mol. The van der Waals surface area contributed by atoms with Crippen LogP contribution in [0, 0.1) is 11.6 Å². The molecule has 3 rings (SSSR count). The molecule has 2 heterocycles. The first-order valence-electron chi connectivity index (χ1n) is 9.71. The number of nitrogens with one attached hydrogen (secondary N) is 1. The van der Waals surface area contributed by atoms with E-state index in [1.165, 1.54) is 6.07 Å². The summed E-state index contributed by atoms with van der Waals surface area (Å²) >= 11 is 0. The number of pyridine rings is 1. The number of halogens is 5. The van der Waals surface area contributed by atoms with Crippen LogP contribution in [0.5, 0.6) is 5.75 Å². The molecule has 0 radical (unpaired) electrons. The van der Waals surface area contributed by atoms with E-state index in [-0.39, 0.29) is 16.9 Å². The van der Waals surface area contributed by atoms with E-state index in [1.807, 2.05) is 0 Å². The molecule has 0 spiro atoms. The van der Waals surface area contributed by atoms with Crippen molar-refractivity contribution in [3.05, 3.63) is 53.4 Å². The Hall–Kier alpha value is -3.32. The standard InChI is InChI=1S/C21H20F5N3O5/c1-20(21(24,25)26)17(33-3)13(10-4-5-11(22)14(23)15(10)32-2)16(34-20)19(31)29-9-6-7-28-12(8-9)18(27)30/h4-8,13,16-17H,1-3H3,(H2,27,30)(H,28,29,31)/t13-,16+,17-,20+/m0/s1. The highest BCUT2D eigenvalue weighted by Gasteiger charge is 2.68. The van der Waals surface area contributed by atoms with Crippen LogP contribution in [-0.4, -0.2) is 55.0 Å². The Kier molecular flexibility index (Phi) is 6.80. The number of benzene rings is 1. The number of methoxy groups -OCH3 is 2. The van der Waals surface area contributed by atoms with Crippen molar-refractivity contribution in [2.45, 2.75) is 36.8 Å². The second-order valence-corrected chi connectivity index (χ2v) is 7.59. The Balaban J connectivity index is 2.11. The molecule has 0 saturated carbocycles. The predicted octanol–water partition coefficient (Wildman–Crippen LogP) is 2.92. The van der Waals surface area contributed by atoms with E-state index in [0.29, 0.717) is 13.0 Å². The zero-order valence-corrected chi connectivity index (χ0v) is 18.1. The van der Waals surface area contributed by atoms with Gasteiger partial charge in [0.2, 0.25) is 5.82 Å². The van der Waals surface area contributed by atoms with Gasteiger partial charge in [0, 0.05) is 24.6 Å². The third kappa shape index (κ3) is 4.28. The van der Waals surface area contributed by atoms with Gasteiger partial charge < -0.3 is 25.3 Å². The average Bonchev–Trinajstić information content (AvgIpc) is 3.09. The fraction of sp³-hybridized carbons (Fsp3) is 0.381. The van der Waals surface area contributed by atoms with E-state index in [1.54, 1.807) is 0 Å². The van der Waals surface area contributed by atoms with Crippen molar-refractivity contribution in [1.29, 1.82) is 0 Å². The molecule has 1 saturated heterocycles. The van der Waals surface area contributed by atoms with Gasteiger partial charge in [-0.05, 0) is 25.1 Å². The second-order valence-electron chi connectivity index (χ2n) is 7.59. The maximum absolute atomic E-state index is 14.4. The molecule has 2 amide bonds. The molecule has 1 aromatic carbocycles. The first-order chi connectivity index (χ1) is 15.9. The molecule has 184 valence electrons. The minimum absolute atomic E-state index is 0.0111. The van der Waals surface area contributed by atoms with Crippen LogP contribution in [0.4, 0.5) is 27.6 Å². The van der Waals surface area contributed by atoms with Gasteiger partial charge in [-0.3, -0.25) is 14.6 Å². The number of rotatable bonds is 6. The van der Waals surface area contributed by atoms with E-state index < -0.39 is 59.1 Å². The third-order valence-corrected chi connectivity index (χ3v) is 5.57. The van der Waals surface area contributed by atoms with Gasteiger partial charge in [-0.1, -0.05) is 6.07 Å². The number of nitrogens with two attached hydrogens (primary N) is 1. The molecule has 3 N–H and O–H groups in total. The van der Waals surface area contributed by atoms with Gasteiger partial charge in [-0.15, -0.1) is 0 Å². The summed E-state index contributed by atoms with van der Waals surface area (Å²) < 4.78 is 85.5. The number of amides is 2. The number of anilines is 1. The van der Waals surface area contributed by atoms with Gasteiger partial charge in [-0.25, -0.2) is 4.39 Å². The fourth-order valence-corrected chi connectivity index (χ4v) is 3.92. The van der Waals surface area contributed by atoms with Gasteiger partial charge in [-0.2, -0.15) is 17.6 Å². The number of nitrogens with zero attached hydrogens (tertiary/aromatic N) is 1. The van der Waals surface area contributed by atoms with Gasteiger partial charge in [0.05, 0.1) is 13.0 Å². The Morgan fingerprint density at radius 1 is 1.21 bits per heavy atom. The van der Waals surface area contributed by atoms with Crippen LogP contribution >= 0.6 is 0 Å². The molecule has 1 aliphatic heterocycles. The lowest BCUT2D eigenvalue weighted by atomic mass is 9.82. The number of carbonyl (C=O) groups is 2. The molecule has 0 aliphatic carbocycles. The van der Waals surface area contributed by atoms with E-state index in [2.05, 4.69) is 10.3 Å². The number of aromatic nitrogens is 1. The second kappa shape index (κ2) is 9.14. The molecule has 8 nitrogen and oxygen atoms in total. The maximum Gasteiger partial charge on any atom is 0.419 e. The fourth-order valence-electron chi connectivity index (χ4n) is 3.92. The van der Waals surface area contributed by atoms with Crippen molar-refractivity contribution < 1.29 is 45.8 Å². The monoisotopic (exact) mass is 489 g/mol. The van der Waals surface area contributed by atoms with E-state index in [9.17, 15) is 31.5 Å². The lowest BCUT2D eigenvalue weighted by Gasteiger charge is -2.33. The molecule has 2 aromatic rings. The molecule has 0 bridgehead atoms. The molecular formula is C21H20F5N3O5. The third-order valence-electron chi connectivity index (χ3n) is 5.57. The van der Waals surface area contributed by atoms with E-state index >= 15 is 0 Å². The van der Waals surface area contributed by atoms with Crippen molar-refractivity contribution in [2.75, 3.05) is 19.5 Å². The summed E-state index contributed by atoms with van der Waals surface area (Å²) in [5.74, 6) is -6.99. The molecule has 4 atom stereocenters. The molecule has 1 aliphatic rings. The number of hydrogen-bond acceptors (Lipinski definition) is 6. The lowest BCUT2D eigenvalue weighted by Crippen LogP contribution is -2.51. The Morgan fingerprint density at radius 2 is 1.88 bits per heavy atom. The first kappa shape index (κ1) is 25.3. The molecule has 1 aromatic heterocycles. The summed E-state index contributed by atoms with van der Waals surface area (Å²) in [6.07, 6.45) is -7.59. The Labute approximate surface area is 190 Å². The van der Waals surface area contributed by atoms with Gasteiger partial charge in [0.25, 0.3) is 11.8 Å². The summed E-state index contributed by atoms with van der Waals surface area (Å²) in [5, 5.41) is 2.33. The average molecular weight is 489 g/mol. The zero-order chi connectivity index (χ0) is 25.4. The van der Waals surface area contributed by atoms with Crippen LogP contribution in [-0.2, 0) is 14.3 Å². The van der Waals surface area contributed by atoms with Gasteiger partial charge in [0.15, 0.2) is 17.2 Å². The molecule has 0 unspecified atom stereocenters. The van der Waals surface area contributed by atoms with Crippen molar-refractivity contribution in [3.63, 3.8) is 0 Å². The predicted molar refractivity (Wildman–Crippen MR) is 107 cm³/mol. The highest BCUT2D eigenvalue weighted by Crippen LogP contribution is 2.52. The molecule has 1 fully saturated rings. The Bertz CT molecular complexity index is 1110. The summed E-state index contributed by atoms with van der Waals surface area (Å²) in [4.78, 5) is 28.2. The van der Waals surface area contributed by atoms with Gasteiger partial charge >= 0.3 is 6.18 Å². The Morgan fingerprint density at radius 3 is 2.44 bits per heavy atom. The SMILES string of the molecule is COc1c([C@H]2[C@H](C(=O)Nc3ccnc(C(N)=O)c3)O[C@@](C)(C(F)(F)F)[C@H]2OC)ccc(F)c1F. The van der Waals surface area contributed by atoms with Crippen LogP contribution in [0.2, 0.25) is 0 Å². The summed E-state index contributed by atoms with van der Waals surface area (Å²) in [7, 11) is 1.97. The maximum atomic E-state index is 14.4. The number of primary amides is 1. The van der Waals surface area contributed by atoms with E-state index in [0.717, 1.165) is 32.5 Å². The van der Waals surface area contributed by atoms with Crippen LogP contribution in [0.25, 0.3) is 0 Å². The van der Waals surface area contributed by atoms with Crippen molar-refractivity contribution >= 4 is 17.5 Å². The van der Waals surface area contributed by atoms with Crippen LogP contribution in [0.15, 0.2) is 30.5 Å². The summed E-state index contributed by atoms with van der Waals surface area (Å²) in [5.41, 5.74) is 1.66. The largest absolute Gasteiger partial charge is 0.493 e. The minimum Gasteiger partial charge on any atom is -0.493 e. The smallest absolute Gasteiger partial charge is 0.419 e. The number of carbonyl (C=O) groups excluding carboxylic acids is 2. The quantitative estimate of drug-likeness (QED) is 0.604. The number of hydrogen-bond donors (Lipinski definition) is 2. The van der Waals surface area contributed by atoms with Crippen molar-refractivity contribution in [3.8, 4) is 5.75 Å². The topological polar surface area (TPSA) is 113 Å². The highest BCUT2D eigenvalue weighted by molar-refractivity contribution is 5.97. The van der Waals surface area contributed by atoms with Crippen LogP contribution in [0.1, 0.15) is 28.9 Å². The normalized spacial score (nSPS) is 24.6. The zero-order valence-electron chi connectivity index (χ0n) is 18.1. The van der Waals surface area contributed by atoms with Crippen LogP contribution in [0.3, 0.4) is 0 Å². The summed E-state index contributed by atoms with van der Waals surface area (Å²) in [6.45, 7) is 0.686.